The molecule has 3 rings (SSSR count). The van der Waals surface area contributed by atoms with Crippen molar-refractivity contribution in [1.82, 2.24) is 0 Å². The minimum absolute atomic E-state index is 0.357. The van der Waals surface area contributed by atoms with Gasteiger partial charge in [-0.25, -0.2) is 0 Å². The van der Waals surface area contributed by atoms with E-state index in [1.165, 1.54) is 36.8 Å². The Bertz CT molecular complexity index is 539. The van der Waals surface area contributed by atoms with Crippen LogP contribution in [0.25, 0.3) is 0 Å². The van der Waals surface area contributed by atoms with E-state index in [0.29, 0.717) is 10.8 Å². The molecule has 2 saturated carbocycles. The van der Waals surface area contributed by atoms with E-state index in [1.807, 2.05) is 0 Å². The van der Waals surface area contributed by atoms with Crippen LogP contribution in [0.4, 0.5) is 0 Å². The molecular formula is C20H26. The molecule has 0 bridgehead atoms. The predicted octanol–water partition coefficient (Wildman–Crippen LogP) is 5.86. The van der Waals surface area contributed by atoms with Gasteiger partial charge in [0.15, 0.2) is 0 Å². The Morgan fingerprint density at radius 2 is 1.45 bits per heavy atom. The molecule has 0 radical (unpaired) electrons. The van der Waals surface area contributed by atoms with Crippen molar-refractivity contribution in [2.75, 3.05) is 0 Å². The maximum Gasteiger partial charge on any atom is 0.00315 e. The van der Waals surface area contributed by atoms with Gasteiger partial charge in [0.1, 0.15) is 0 Å². The van der Waals surface area contributed by atoms with Crippen LogP contribution in [0.1, 0.15) is 64.9 Å². The standard InChI is InChI=1S/C20H26/c1-19(2)18(20(19,3)4)14-15-10-12-17(13-11-15)16-8-6-5-7-9-16/h5-9,17H,10-13H2,1-4H3. The van der Waals surface area contributed by atoms with Crippen LogP contribution in [0.2, 0.25) is 0 Å². The summed E-state index contributed by atoms with van der Waals surface area (Å²) in [6.07, 6.45) is 5.05. The minimum Gasteiger partial charge on any atom is -0.121 e. The number of hydrogen-bond acceptors (Lipinski definition) is 0. The molecule has 0 amide bonds. The molecular weight excluding hydrogens is 240 g/mol. The third kappa shape index (κ3) is 2.17. The van der Waals surface area contributed by atoms with Gasteiger partial charge in [0.05, 0.1) is 0 Å². The maximum atomic E-state index is 3.78. The zero-order chi connectivity index (χ0) is 14.4. The van der Waals surface area contributed by atoms with Gasteiger partial charge in [0.25, 0.3) is 0 Å². The first-order chi connectivity index (χ1) is 9.43. The fraction of sp³-hybridized carbons (Fsp3) is 0.550. The number of hydrogen-bond donors (Lipinski definition) is 0. The lowest BCUT2D eigenvalue weighted by Gasteiger charge is -2.23. The highest BCUT2D eigenvalue weighted by molar-refractivity contribution is 5.42. The molecule has 0 unspecified atom stereocenters. The van der Waals surface area contributed by atoms with E-state index in [1.54, 1.807) is 5.57 Å². The van der Waals surface area contributed by atoms with Crippen molar-refractivity contribution in [3.05, 3.63) is 52.8 Å². The van der Waals surface area contributed by atoms with Crippen LogP contribution in [-0.2, 0) is 0 Å². The molecule has 20 heavy (non-hydrogen) atoms. The molecule has 0 saturated heterocycles. The summed E-state index contributed by atoms with van der Waals surface area (Å²) in [6, 6.07) is 11.0. The van der Waals surface area contributed by atoms with Crippen LogP contribution in [0.5, 0.6) is 0 Å². The number of allylic oxidation sites excluding steroid dienone is 1. The van der Waals surface area contributed by atoms with Gasteiger partial charge in [0, 0.05) is 10.8 Å². The molecule has 0 heterocycles. The Balaban J connectivity index is 1.73. The normalized spacial score (nSPS) is 27.1. The highest BCUT2D eigenvalue weighted by atomic mass is 14.6. The maximum absolute atomic E-state index is 3.78. The molecule has 2 aliphatic rings. The third-order valence-corrected chi connectivity index (χ3v) is 5.91. The lowest BCUT2D eigenvalue weighted by Crippen LogP contribution is -2.06. The van der Waals surface area contributed by atoms with E-state index in [2.05, 4.69) is 63.8 Å². The summed E-state index contributed by atoms with van der Waals surface area (Å²) in [5.41, 5.74) is 9.11. The highest BCUT2D eigenvalue weighted by Crippen LogP contribution is 2.67. The Morgan fingerprint density at radius 1 is 0.900 bits per heavy atom. The second-order valence-corrected chi connectivity index (χ2v) is 7.54. The van der Waals surface area contributed by atoms with E-state index in [-0.39, 0.29) is 0 Å². The van der Waals surface area contributed by atoms with Crippen LogP contribution in [0.3, 0.4) is 0 Å². The topological polar surface area (TPSA) is 0 Å². The van der Waals surface area contributed by atoms with E-state index in [4.69, 9.17) is 0 Å². The first-order valence-corrected chi connectivity index (χ1v) is 7.97. The first kappa shape index (κ1) is 13.7. The Morgan fingerprint density at radius 3 is 1.95 bits per heavy atom. The van der Waals surface area contributed by atoms with Crippen molar-refractivity contribution in [1.29, 1.82) is 0 Å². The first-order valence-electron chi connectivity index (χ1n) is 7.97. The largest absolute Gasteiger partial charge is 0.121 e. The van der Waals surface area contributed by atoms with Crippen LogP contribution in [0.15, 0.2) is 47.2 Å². The monoisotopic (exact) mass is 266 g/mol. The summed E-state index contributed by atoms with van der Waals surface area (Å²) < 4.78 is 0. The van der Waals surface area contributed by atoms with Gasteiger partial charge in [-0.15, -0.1) is 5.73 Å². The Labute approximate surface area is 123 Å². The highest BCUT2D eigenvalue weighted by Gasteiger charge is 2.60. The molecule has 0 heteroatoms. The van der Waals surface area contributed by atoms with Crippen molar-refractivity contribution < 1.29 is 0 Å². The van der Waals surface area contributed by atoms with Crippen molar-refractivity contribution >= 4 is 0 Å². The molecule has 0 aromatic heterocycles. The van der Waals surface area contributed by atoms with E-state index < -0.39 is 0 Å². The summed E-state index contributed by atoms with van der Waals surface area (Å²) in [4.78, 5) is 0. The van der Waals surface area contributed by atoms with Gasteiger partial charge in [-0.2, -0.15) is 0 Å². The van der Waals surface area contributed by atoms with Gasteiger partial charge < -0.3 is 0 Å². The summed E-state index contributed by atoms with van der Waals surface area (Å²) in [5.74, 6) is 0.756. The molecule has 0 atom stereocenters. The van der Waals surface area contributed by atoms with Crippen LogP contribution < -0.4 is 0 Å². The van der Waals surface area contributed by atoms with Crippen molar-refractivity contribution in [2.24, 2.45) is 10.8 Å². The quantitative estimate of drug-likeness (QED) is 0.558. The SMILES string of the molecule is CC1(C)C(=C=C2CCC(c3ccccc3)CC2)C1(C)C. The lowest BCUT2D eigenvalue weighted by molar-refractivity contribution is 0.457. The van der Waals surface area contributed by atoms with Crippen molar-refractivity contribution in [3.63, 3.8) is 0 Å². The molecule has 0 aliphatic heterocycles. The average molecular weight is 266 g/mol. The van der Waals surface area contributed by atoms with Gasteiger partial charge in [-0.1, -0.05) is 58.0 Å². The second kappa shape index (κ2) is 4.64. The fourth-order valence-corrected chi connectivity index (χ4v) is 3.67. The Hall–Kier alpha value is -1.26. The van der Waals surface area contributed by atoms with Gasteiger partial charge in [-0.05, 0) is 48.3 Å². The Kier molecular flexibility index (Phi) is 3.18. The lowest BCUT2D eigenvalue weighted by atomic mass is 9.82. The zero-order valence-corrected chi connectivity index (χ0v) is 13.3. The average Bonchev–Trinajstić information content (AvgIpc) is 2.83. The van der Waals surface area contributed by atoms with E-state index in [0.717, 1.165) is 5.92 Å². The summed E-state index contributed by atoms with van der Waals surface area (Å²) >= 11 is 0. The molecule has 0 spiro atoms. The molecule has 0 N–H and O–H groups in total. The van der Waals surface area contributed by atoms with Gasteiger partial charge >= 0.3 is 0 Å². The molecule has 0 nitrogen and oxygen atoms in total. The molecule has 1 aromatic rings. The van der Waals surface area contributed by atoms with Gasteiger partial charge in [-0.3, -0.25) is 0 Å². The van der Waals surface area contributed by atoms with E-state index >= 15 is 0 Å². The van der Waals surface area contributed by atoms with Crippen molar-refractivity contribution in [2.45, 2.75) is 59.3 Å². The summed E-state index contributed by atoms with van der Waals surface area (Å²) in [6.45, 7) is 9.41. The smallest absolute Gasteiger partial charge is 0.00315 e. The molecule has 1 aromatic carbocycles. The predicted molar refractivity (Wildman–Crippen MR) is 85.8 cm³/mol. The summed E-state index contributed by atoms with van der Waals surface area (Å²) in [7, 11) is 0. The molecule has 106 valence electrons. The van der Waals surface area contributed by atoms with Crippen LogP contribution in [0, 0.1) is 10.8 Å². The van der Waals surface area contributed by atoms with Crippen molar-refractivity contribution in [3.8, 4) is 0 Å². The van der Waals surface area contributed by atoms with Crippen LogP contribution in [-0.4, -0.2) is 0 Å². The van der Waals surface area contributed by atoms with Gasteiger partial charge in [0.2, 0.25) is 0 Å². The van der Waals surface area contributed by atoms with E-state index in [9.17, 15) is 0 Å². The number of benzene rings is 1. The zero-order valence-electron chi connectivity index (χ0n) is 13.3. The molecule has 2 aliphatic carbocycles. The third-order valence-electron chi connectivity index (χ3n) is 5.91. The second-order valence-electron chi connectivity index (χ2n) is 7.54. The number of rotatable bonds is 1. The fourth-order valence-electron chi connectivity index (χ4n) is 3.67. The van der Waals surface area contributed by atoms with Crippen LogP contribution >= 0.6 is 0 Å². The minimum atomic E-state index is 0.357. The molecule has 2 fully saturated rings. The summed E-state index contributed by atoms with van der Waals surface area (Å²) in [5, 5.41) is 0.